The number of rotatable bonds is 9. The molecule has 0 amide bonds. The molecule has 30 heavy (non-hydrogen) atoms. The highest BCUT2D eigenvalue weighted by Crippen LogP contribution is 2.19. The fourth-order valence-corrected chi connectivity index (χ4v) is 2.61. The Kier molecular flexibility index (Phi) is 6.75. The Morgan fingerprint density at radius 2 is 2.23 bits per heavy atom. The van der Waals surface area contributed by atoms with Crippen LogP contribution in [0.1, 0.15) is 11.6 Å². The standard InChI is InChI=1S/C19H22N6O5/c1-12-7-16(24-30-12)18-23-22-17(25(18)20-2)8-15(27-3)11-29-10-14-6-5-13(9-21-14)19(26)28-4/h5-9,14,21H,2,10-11H2,1,3-4H3/b15-8+. The maximum absolute atomic E-state index is 11.5. The zero-order valence-electron chi connectivity index (χ0n) is 16.9. The number of carbonyl (C=O) groups is 1. The molecule has 1 N–H and O–H groups in total. The lowest BCUT2D eigenvalue weighted by Gasteiger charge is -2.18. The molecule has 0 fully saturated rings. The van der Waals surface area contributed by atoms with Crippen molar-refractivity contribution < 1.29 is 23.5 Å². The quantitative estimate of drug-likeness (QED) is 0.367. The minimum Gasteiger partial charge on any atom is -0.499 e. The second-order valence-corrected chi connectivity index (χ2v) is 6.21. The molecule has 1 unspecified atom stereocenters. The van der Waals surface area contributed by atoms with Crippen LogP contribution >= 0.6 is 0 Å². The molecule has 0 aromatic carbocycles. The van der Waals surface area contributed by atoms with Crippen molar-refractivity contribution in [3.05, 3.63) is 47.3 Å². The maximum Gasteiger partial charge on any atom is 0.339 e. The van der Waals surface area contributed by atoms with Crippen LogP contribution in [0.3, 0.4) is 0 Å². The molecule has 1 atom stereocenters. The highest BCUT2D eigenvalue weighted by molar-refractivity contribution is 5.91. The highest BCUT2D eigenvalue weighted by atomic mass is 16.5. The van der Waals surface area contributed by atoms with Crippen LogP contribution in [0.15, 0.2) is 45.4 Å². The number of nitrogens with one attached hydrogen (secondary N) is 1. The van der Waals surface area contributed by atoms with Crippen LogP contribution in [0.5, 0.6) is 0 Å². The molecule has 0 saturated carbocycles. The normalized spacial score (nSPS) is 16.0. The largest absolute Gasteiger partial charge is 0.499 e. The van der Waals surface area contributed by atoms with E-state index in [4.69, 9.17) is 14.0 Å². The molecule has 0 bridgehead atoms. The summed E-state index contributed by atoms with van der Waals surface area (Å²) in [4.78, 5) is 11.5. The van der Waals surface area contributed by atoms with E-state index in [0.29, 0.717) is 41.0 Å². The Labute approximate surface area is 172 Å². The Bertz CT molecular complexity index is 1000. The van der Waals surface area contributed by atoms with Gasteiger partial charge in [-0.2, -0.15) is 9.78 Å². The Morgan fingerprint density at radius 1 is 1.40 bits per heavy atom. The number of aromatic nitrogens is 4. The summed E-state index contributed by atoms with van der Waals surface area (Å²) in [5, 5.41) is 19.1. The summed E-state index contributed by atoms with van der Waals surface area (Å²) < 4.78 is 22.3. The van der Waals surface area contributed by atoms with E-state index < -0.39 is 5.97 Å². The molecule has 2 aromatic heterocycles. The van der Waals surface area contributed by atoms with Gasteiger partial charge in [0.1, 0.15) is 18.1 Å². The van der Waals surface area contributed by atoms with Crippen LogP contribution in [-0.4, -0.2) is 66.2 Å². The first kappa shape index (κ1) is 21.0. The van der Waals surface area contributed by atoms with Crippen molar-refractivity contribution in [3.8, 4) is 11.5 Å². The fourth-order valence-electron chi connectivity index (χ4n) is 2.61. The predicted molar refractivity (Wildman–Crippen MR) is 107 cm³/mol. The van der Waals surface area contributed by atoms with E-state index in [-0.39, 0.29) is 12.6 Å². The maximum atomic E-state index is 11.5. The van der Waals surface area contributed by atoms with Gasteiger partial charge in [-0.25, -0.2) is 4.79 Å². The van der Waals surface area contributed by atoms with Gasteiger partial charge in [-0.1, -0.05) is 11.2 Å². The van der Waals surface area contributed by atoms with Gasteiger partial charge in [0.05, 0.1) is 32.4 Å². The predicted octanol–water partition coefficient (Wildman–Crippen LogP) is 1.29. The van der Waals surface area contributed by atoms with Crippen molar-refractivity contribution in [2.24, 2.45) is 5.10 Å². The molecule has 1 aliphatic heterocycles. The molecule has 3 heterocycles. The number of hydrogen-bond acceptors (Lipinski definition) is 10. The van der Waals surface area contributed by atoms with E-state index in [9.17, 15) is 4.79 Å². The number of dihydropyridines is 1. The van der Waals surface area contributed by atoms with Crippen molar-refractivity contribution in [2.75, 3.05) is 27.4 Å². The summed E-state index contributed by atoms with van der Waals surface area (Å²) in [5.74, 6) is 1.56. The second-order valence-electron chi connectivity index (χ2n) is 6.21. The summed E-state index contributed by atoms with van der Waals surface area (Å²) in [7, 11) is 2.87. The first-order valence-corrected chi connectivity index (χ1v) is 8.97. The number of nitrogens with zero attached hydrogens (tertiary/aromatic N) is 5. The minimum absolute atomic E-state index is 0.0861. The molecule has 0 spiro atoms. The van der Waals surface area contributed by atoms with Gasteiger partial charge in [-0.05, 0) is 13.0 Å². The van der Waals surface area contributed by atoms with Crippen LogP contribution in [-0.2, 0) is 19.0 Å². The van der Waals surface area contributed by atoms with E-state index in [1.807, 2.05) is 6.08 Å². The molecule has 0 saturated heterocycles. The first-order chi connectivity index (χ1) is 14.5. The number of hydrogen-bond donors (Lipinski definition) is 1. The van der Waals surface area contributed by atoms with E-state index in [0.717, 1.165) is 0 Å². The van der Waals surface area contributed by atoms with Gasteiger partial charge in [0.25, 0.3) is 0 Å². The third-order valence-corrected chi connectivity index (χ3v) is 4.14. The third-order valence-electron chi connectivity index (χ3n) is 4.14. The zero-order valence-corrected chi connectivity index (χ0v) is 16.9. The molecule has 11 heteroatoms. The number of methoxy groups -OCH3 is 2. The van der Waals surface area contributed by atoms with Gasteiger partial charge in [-0.15, -0.1) is 10.2 Å². The Morgan fingerprint density at radius 3 is 2.83 bits per heavy atom. The summed E-state index contributed by atoms with van der Waals surface area (Å²) in [5.41, 5.74) is 0.942. The lowest BCUT2D eigenvalue weighted by molar-refractivity contribution is -0.135. The SMILES string of the molecule is C=Nn1c(/C=C(\COCC2C=CC(C(=O)OC)=CN2)OC)nnc1-c1cc(C)on1. The van der Waals surface area contributed by atoms with Crippen LogP contribution < -0.4 is 5.32 Å². The van der Waals surface area contributed by atoms with Gasteiger partial charge in [0.2, 0.25) is 5.82 Å². The van der Waals surface area contributed by atoms with Gasteiger partial charge in [0, 0.05) is 25.1 Å². The summed E-state index contributed by atoms with van der Waals surface area (Å²) in [6.07, 6.45) is 6.76. The molecule has 1 aliphatic rings. The van der Waals surface area contributed by atoms with E-state index in [1.165, 1.54) is 18.9 Å². The second kappa shape index (κ2) is 9.65. The van der Waals surface area contributed by atoms with Crippen molar-refractivity contribution >= 4 is 18.8 Å². The number of carbonyl (C=O) groups excluding carboxylic acids is 1. The average molecular weight is 414 g/mol. The van der Waals surface area contributed by atoms with Crippen LogP contribution in [0.4, 0.5) is 0 Å². The van der Waals surface area contributed by atoms with Gasteiger partial charge in [0.15, 0.2) is 11.5 Å². The van der Waals surface area contributed by atoms with Crippen LogP contribution in [0.2, 0.25) is 0 Å². The third kappa shape index (κ3) is 4.81. The Balaban J connectivity index is 1.61. The van der Waals surface area contributed by atoms with E-state index >= 15 is 0 Å². The topological polar surface area (TPSA) is 126 Å². The van der Waals surface area contributed by atoms with Crippen molar-refractivity contribution in [1.29, 1.82) is 0 Å². The van der Waals surface area contributed by atoms with Gasteiger partial charge in [-0.3, -0.25) is 0 Å². The molecule has 2 aromatic rings. The smallest absolute Gasteiger partial charge is 0.339 e. The minimum atomic E-state index is -0.400. The number of esters is 1. The lowest BCUT2D eigenvalue weighted by atomic mass is 10.1. The molecule has 3 rings (SSSR count). The van der Waals surface area contributed by atoms with Crippen molar-refractivity contribution in [2.45, 2.75) is 13.0 Å². The Hall–Kier alpha value is -3.73. The van der Waals surface area contributed by atoms with Crippen LogP contribution in [0.25, 0.3) is 17.6 Å². The van der Waals surface area contributed by atoms with Crippen molar-refractivity contribution in [3.63, 3.8) is 0 Å². The highest BCUT2D eigenvalue weighted by Gasteiger charge is 2.17. The number of ether oxygens (including phenoxy) is 3. The molecule has 11 nitrogen and oxygen atoms in total. The summed E-state index contributed by atoms with van der Waals surface area (Å²) in [6.45, 7) is 5.89. The zero-order chi connectivity index (χ0) is 21.5. The molecular formula is C19H22N6O5. The monoisotopic (exact) mass is 414 g/mol. The van der Waals surface area contributed by atoms with E-state index in [2.05, 4.69) is 37.2 Å². The van der Waals surface area contributed by atoms with Crippen molar-refractivity contribution in [1.82, 2.24) is 25.3 Å². The van der Waals surface area contributed by atoms with E-state index in [1.54, 1.807) is 31.3 Å². The van der Waals surface area contributed by atoms with Gasteiger partial charge < -0.3 is 24.1 Å². The van der Waals surface area contributed by atoms with Crippen LogP contribution in [0, 0.1) is 6.92 Å². The molecule has 0 radical (unpaired) electrons. The number of aryl methyl sites for hydroxylation is 1. The first-order valence-electron chi connectivity index (χ1n) is 8.97. The summed E-state index contributed by atoms with van der Waals surface area (Å²) >= 11 is 0. The molecule has 0 aliphatic carbocycles. The lowest BCUT2D eigenvalue weighted by Crippen LogP contribution is -2.31. The van der Waals surface area contributed by atoms with Gasteiger partial charge >= 0.3 is 5.97 Å². The average Bonchev–Trinajstić information content (AvgIpc) is 3.38. The molecule has 158 valence electrons. The molecular weight excluding hydrogens is 392 g/mol. The summed E-state index contributed by atoms with van der Waals surface area (Å²) in [6, 6.07) is 1.64. The fraction of sp³-hybridized carbons (Fsp3) is 0.316.